The largest absolute Gasteiger partial charge is 0.480 e. The summed E-state index contributed by atoms with van der Waals surface area (Å²) in [5.41, 5.74) is 4.88. The van der Waals surface area contributed by atoms with Crippen molar-refractivity contribution < 1.29 is 9.90 Å². The molecule has 2 aromatic rings. The first-order valence-electron chi connectivity index (χ1n) is 10.7. The van der Waals surface area contributed by atoms with Crippen molar-refractivity contribution in [2.75, 3.05) is 5.32 Å². The summed E-state index contributed by atoms with van der Waals surface area (Å²) in [4.78, 5) is 16.3. The fourth-order valence-corrected chi connectivity index (χ4v) is 3.94. The van der Waals surface area contributed by atoms with Crippen LogP contribution in [-0.2, 0) is 24.1 Å². The lowest BCUT2D eigenvalue weighted by Gasteiger charge is -2.16. The fourth-order valence-electron chi connectivity index (χ4n) is 3.94. The van der Waals surface area contributed by atoms with Crippen LogP contribution in [0.1, 0.15) is 68.3 Å². The number of nitrogens with one attached hydrogen (secondary N) is 1. The molecule has 0 radical (unpaired) electrons. The molecule has 1 aromatic carbocycles. The van der Waals surface area contributed by atoms with Gasteiger partial charge in [-0.3, -0.25) is 4.98 Å². The third-order valence-electron chi connectivity index (χ3n) is 5.57. The predicted molar refractivity (Wildman–Crippen MR) is 114 cm³/mol. The van der Waals surface area contributed by atoms with Crippen molar-refractivity contribution in [1.29, 1.82) is 0 Å². The highest BCUT2D eigenvalue weighted by Gasteiger charge is 2.16. The molecule has 3 rings (SSSR count). The van der Waals surface area contributed by atoms with Crippen molar-refractivity contribution in [3.8, 4) is 0 Å². The first kappa shape index (κ1) is 20.4. The van der Waals surface area contributed by atoms with E-state index in [-0.39, 0.29) is 0 Å². The SMILES string of the molecule is O=C(O)[C@H](CCCCCCCc1ccc2c(n1)CCCC2)Nc1ccccc1. The number of aryl methyl sites for hydroxylation is 3. The van der Waals surface area contributed by atoms with Crippen molar-refractivity contribution in [2.45, 2.75) is 76.7 Å². The van der Waals surface area contributed by atoms with Gasteiger partial charge in [-0.1, -0.05) is 49.9 Å². The summed E-state index contributed by atoms with van der Waals surface area (Å²) >= 11 is 0. The minimum atomic E-state index is -0.776. The number of pyridine rings is 1. The first-order valence-corrected chi connectivity index (χ1v) is 10.7. The molecule has 1 atom stereocenters. The number of carboxylic acids is 1. The standard InChI is InChI=1S/C24H32N2O2/c27-24(28)23(26-20-12-6-4-7-13-20)16-8-3-1-2-5-14-21-18-17-19-11-9-10-15-22(19)25-21/h4,6-7,12-13,17-18,23,26H,1-3,5,8-11,14-16H2,(H,27,28)/t23-/m0/s1. The van der Waals surface area contributed by atoms with Crippen molar-refractivity contribution in [1.82, 2.24) is 4.98 Å². The van der Waals surface area contributed by atoms with Gasteiger partial charge >= 0.3 is 5.97 Å². The van der Waals surface area contributed by atoms with Crippen molar-refractivity contribution >= 4 is 11.7 Å². The van der Waals surface area contributed by atoms with Crippen LogP contribution in [0.25, 0.3) is 0 Å². The Hall–Kier alpha value is -2.36. The molecule has 1 aromatic heterocycles. The van der Waals surface area contributed by atoms with Gasteiger partial charge in [-0.05, 0) is 68.7 Å². The minimum absolute atomic E-state index is 0.512. The molecule has 4 heteroatoms. The Labute approximate surface area is 168 Å². The number of para-hydroxylation sites is 1. The minimum Gasteiger partial charge on any atom is -0.480 e. The van der Waals surface area contributed by atoms with E-state index in [0.29, 0.717) is 6.42 Å². The average molecular weight is 381 g/mol. The van der Waals surface area contributed by atoms with Crippen molar-refractivity contribution in [3.05, 3.63) is 59.4 Å². The molecule has 0 saturated heterocycles. The molecule has 0 fully saturated rings. The van der Waals surface area contributed by atoms with E-state index in [9.17, 15) is 9.90 Å². The molecule has 2 N–H and O–H groups in total. The summed E-state index contributed by atoms with van der Waals surface area (Å²) < 4.78 is 0. The zero-order valence-electron chi connectivity index (χ0n) is 16.7. The Morgan fingerprint density at radius 3 is 2.54 bits per heavy atom. The van der Waals surface area contributed by atoms with Crippen LogP contribution in [0.4, 0.5) is 5.69 Å². The van der Waals surface area contributed by atoms with Gasteiger partial charge in [0.1, 0.15) is 6.04 Å². The van der Waals surface area contributed by atoms with Crippen LogP contribution in [0, 0.1) is 0 Å². The fraction of sp³-hybridized carbons (Fsp3) is 0.500. The third-order valence-corrected chi connectivity index (χ3v) is 5.57. The second-order valence-corrected chi connectivity index (χ2v) is 7.82. The highest BCUT2D eigenvalue weighted by molar-refractivity contribution is 5.77. The second-order valence-electron chi connectivity index (χ2n) is 7.82. The van der Waals surface area contributed by atoms with Gasteiger partial charge in [-0.2, -0.15) is 0 Å². The van der Waals surface area contributed by atoms with E-state index >= 15 is 0 Å². The molecule has 1 heterocycles. The monoisotopic (exact) mass is 380 g/mol. The van der Waals surface area contributed by atoms with Gasteiger partial charge < -0.3 is 10.4 Å². The molecular weight excluding hydrogens is 348 g/mol. The maximum atomic E-state index is 11.5. The third kappa shape index (κ3) is 6.36. The number of nitrogens with zero attached hydrogens (tertiary/aromatic N) is 1. The first-order chi connectivity index (χ1) is 13.7. The van der Waals surface area contributed by atoms with Crippen LogP contribution in [0.15, 0.2) is 42.5 Å². The van der Waals surface area contributed by atoms with Gasteiger partial charge in [0.2, 0.25) is 0 Å². The van der Waals surface area contributed by atoms with E-state index < -0.39 is 12.0 Å². The molecule has 4 nitrogen and oxygen atoms in total. The van der Waals surface area contributed by atoms with Crippen molar-refractivity contribution in [3.63, 3.8) is 0 Å². The predicted octanol–water partition coefficient (Wildman–Crippen LogP) is 5.41. The highest BCUT2D eigenvalue weighted by atomic mass is 16.4. The lowest BCUT2D eigenvalue weighted by molar-refractivity contribution is -0.138. The quantitative estimate of drug-likeness (QED) is 0.512. The molecule has 0 bridgehead atoms. The molecule has 1 aliphatic rings. The average Bonchev–Trinajstić information content (AvgIpc) is 2.72. The van der Waals surface area contributed by atoms with Gasteiger partial charge in [0.15, 0.2) is 0 Å². The highest BCUT2D eigenvalue weighted by Crippen LogP contribution is 2.20. The lowest BCUT2D eigenvalue weighted by atomic mass is 9.95. The van der Waals surface area contributed by atoms with Gasteiger partial charge in [-0.15, -0.1) is 0 Å². The van der Waals surface area contributed by atoms with Crippen LogP contribution in [0.3, 0.4) is 0 Å². The number of carbonyl (C=O) groups is 1. The Morgan fingerprint density at radius 2 is 1.71 bits per heavy atom. The van der Waals surface area contributed by atoms with E-state index in [0.717, 1.165) is 44.2 Å². The number of aromatic nitrogens is 1. The van der Waals surface area contributed by atoms with Crippen LogP contribution >= 0.6 is 0 Å². The number of carboxylic acid groups (broad SMARTS) is 1. The van der Waals surface area contributed by atoms with E-state index in [1.54, 1.807) is 0 Å². The summed E-state index contributed by atoms with van der Waals surface area (Å²) in [5, 5.41) is 12.5. The van der Waals surface area contributed by atoms with Gasteiger partial charge in [0, 0.05) is 17.1 Å². The number of benzene rings is 1. The summed E-state index contributed by atoms with van der Waals surface area (Å²) in [6.45, 7) is 0. The van der Waals surface area contributed by atoms with E-state index in [2.05, 4.69) is 17.4 Å². The molecule has 0 amide bonds. The summed E-state index contributed by atoms with van der Waals surface area (Å²) in [6, 6.07) is 13.6. The maximum absolute atomic E-state index is 11.5. The van der Waals surface area contributed by atoms with Gasteiger partial charge in [-0.25, -0.2) is 4.79 Å². The van der Waals surface area contributed by atoms with Crippen LogP contribution in [0.5, 0.6) is 0 Å². The topological polar surface area (TPSA) is 62.2 Å². The normalized spacial score (nSPS) is 14.3. The second kappa shape index (κ2) is 10.8. The van der Waals surface area contributed by atoms with E-state index in [1.807, 2.05) is 30.3 Å². The van der Waals surface area contributed by atoms with Crippen LogP contribution in [-0.4, -0.2) is 22.1 Å². The number of hydrogen-bond acceptors (Lipinski definition) is 3. The number of fused-ring (bicyclic) bond motifs is 1. The molecule has 0 spiro atoms. The Morgan fingerprint density at radius 1 is 0.964 bits per heavy atom. The number of aliphatic carboxylic acids is 1. The molecule has 28 heavy (non-hydrogen) atoms. The van der Waals surface area contributed by atoms with Crippen molar-refractivity contribution in [2.24, 2.45) is 0 Å². The Kier molecular flexibility index (Phi) is 7.89. The smallest absolute Gasteiger partial charge is 0.326 e. The molecule has 0 saturated carbocycles. The summed E-state index contributed by atoms with van der Waals surface area (Å²) in [6.07, 6.45) is 12.2. The number of hydrogen-bond donors (Lipinski definition) is 2. The van der Waals surface area contributed by atoms with E-state index in [1.165, 1.54) is 42.6 Å². The Balaban J connectivity index is 1.30. The molecule has 150 valence electrons. The molecule has 0 aliphatic heterocycles. The van der Waals surface area contributed by atoms with Crippen LogP contribution in [0.2, 0.25) is 0 Å². The molecule has 1 aliphatic carbocycles. The maximum Gasteiger partial charge on any atom is 0.326 e. The zero-order chi connectivity index (χ0) is 19.6. The summed E-state index contributed by atoms with van der Waals surface area (Å²) in [7, 11) is 0. The summed E-state index contributed by atoms with van der Waals surface area (Å²) in [5.74, 6) is -0.776. The number of anilines is 1. The van der Waals surface area contributed by atoms with Gasteiger partial charge in [0.25, 0.3) is 0 Å². The lowest BCUT2D eigenvalue weighted by Crippen LogP contribution is -2.29. The van der Waals surface area contributed by atoms with Gasteiger partial charge in [0.05, 0.1) is 0 Å². The van der Waals surface area contributed by atoms with Crippen LogP contribution < -0.4 is 5.32 Å². The zero-order valence-corrected chi connectivity index (χ0v) is 16.7. The molecular formula is C24H32N2O2. The number of rotatable bonds is 11. The number of unbranched alkanes of at least 4 members (excludes halogenated alkanes) is 4. The Bertz CT molecular complexity index is 746. The van der Waals surface area contributed by atoms with E-state index in [4.69, 9.17) is 4.98 Å². The molecule has 0 unspecified atom stereocenters.